The molecule has 3 unspecified atom stereocenters. The van der Waals surface area contributed by atoms with Crippen molar-refractivity contribution in [3.8, 4) is 5.75 Å². The van der Waals surface area contributed by atoms with Crippen LogP contribution in [0.3, 0.4) is 0 Å². The monoisotopic (exact) mass is 277 g/mol. The fraction of sp³-hybridized carbons (Fsp3) is 0.647. The Labute approximate surface area is 122 Å². The first-order valence-corrected chi connectivity index (χ1v) is 7.59. The molecule has 0 spiro atoms. The quantitative estimate of drug-likeness (QED) is 0.869. The van der Waals surface area contributed by atoms with E-state index in [1.54, 1.807) is 7.11 Å². The van der Waals surface area contributed by atoms with Crippen molar-refractivity contribution in [2.24, 2.45) is 17.1 Å². The minimum atomic E-state index is -0.478. The Morgan fingerprint density at radius 2 is 2.25 bits per heavy atom. The van der Waals surface area contributed by atoms with Crippen LogP contribution in [-0.4, -0.2) is 18.8 Å². The zero-order chi connectivity index (χ0) is 14.8. The van der Waals surface area contributed by atoms with E-state index in [1.165, 1.54) is 12.8 Å². The Morgan fingerprint density at radius 1 is 1.50 bits per heavy atom. The fourth-order valence-corrected chi connectivity index (χ4v) is 3.59. The summed E-state index contributed by atoms with van der Waals surface area (Å²) in [5.41, 5.74) is 7.90. The number of aliphatic hydroxyl groups is 1. The van der Waals surface area contributed by atoms with E-state index in [0.29, 0.717) is 12.5 Å². The standard InChI is InChI=1S/C17H27NO2/c1-4-13-7-8-17(10-13,11-18)16(19)14-5-6-15(20-3)12(2)9-14/h5-6,9,13,16,19H,4,7-8,10-11,18H2,1-3H3. The molecule has 3 heteroatoms. The van der Waals surface area contributed by atoms with Gasteiger partial charge >= 0.3 is 0 Å². The molecule has 1 aliphatic carbocycles. The van der Waals surface area contributed by atoms with E-state index in [9.17, 15) is 5.11 Å². The summed E-state index contributed by atoms with van der Waals surface area (Å²) in [6.45, 7) is 4.78. The van der Waals surface area contributed by atoms with Crippen molar-refractivity contribution < 1.29 is 9.84 Å². The van der Waals surface area contributed by atoms with Gasteiger partial charge in [-0.05, 0) is 55.4 Å². The Kier molecular flexibility index (Phi) is 4.71. The van der Waals surface area contributed by atoms with Crippen LogP contribution >= 0.6 is 0 Å². The van der Waals surface area contributed by atoms with Crippen molar-refractivity contribution in [1.29, 1.82) is 0 Å². The van der Waals surface area contributed by atoms with Crippen LogP contribution in [0.2, 0.25) is 0 Å². The van der Waals surface area contributed by atoms with E-state index in [1.807, 2.05) is 25.1 Å². The number of aliphatic hydroxyl groups excluding tert-OH is 1. The Hall–Kier alpha value is -1.06. The molecule has 1 aromatic carbocycles. The van der Waals surface area contributed by atoms with Crippen LogP contribution in [0.25, 0.3) is 0 Å². The summed E-state index contributed by atoms with van der Waals surface area (Å²) in [5.74, 6) is 1.56. The molecule has 1 fully saturated rings. The molecule has 0 bridgehead atoms. The average Bonchev–Trinajstić information content (AvgIpc) is 2.91. The molecule has 3 N–H and O–H groups in total. The van der Waals surface area contributed by atoms with Gasteiger partial charge in [-0.3, -0.25) is 0 Å². The number of hydrogen-bond donors (Lipinski definition) is 2. The summed E-state index contributed by atoms with van der Waals surface area (Å²) in [6, 6.07) is 5.93. The fourth-order valence-electron chi connectivity index (χ4n) is 3.59. The number of hydrogen-bond acceptors (Lipinski definition) is 3. The van der Waals surface area contributed by atoms with Crippen molar-refractivity contribution in [1.82, 2.24) is 0 Å². The lowest BCUT2D eigenvalue weighted by molar-refractivity contribution is 0.0301. The normalized spacial score (nSPS) is 27.6. The Bertz CT molecular complexity index is 460. The molecule has 3 atom stereocenters. The summed E-state index contributed by atoms with van der Waals surface area (Å²) < 4.78 is 5.28. The maximum absolute atomic E-state index is 10.9. The second kappa shape index (κ2) is 6.15. The smallest absolute Gasteiger partial charge is 0.121 e. The highest BCUT2D eigenvalue weighted by Gasteiger charge is 2.43. The van der Waals surface area contributed by atoms with E-state index in [0.717, 1.165) is 29.7 Å². The lowest BCUT2D eigenvalue weighted by atomic mass is 9.76. The number of rotatable bonds is 5. The highest BCUT2D eigenvalue weighted by Crippen LogP contribution is 2.50. The van der Waals surface area contributed by atoms with Crippen molar-refractivity contribution in [3.63, 3.8) is 0 Å². The van der Waals surface area contributed by atoms with E-state index in [2.05, 4.69) is 6.92 Å². The highest BCUT2D eigenvalue weighted by atomic mass is 16.5. The summed E-state index contributed by atoms with van der Waals surface area (Å²) in [5, 5.41) is 10.9. The molecule has 0 amide bonds. The molecule has 0 saturated heterocycles. The van der Waals surface area contributed by atoms with Crippen LogP contribution < -0.4 is 10.5 Å². The van der Waals surface area contributed by atoms with Crippen molar-refractivity contribution in [2.75, 3.05) is 13.7 Å². The summed E-state index contributed by atoms with van der Waals surface area (Å²) in [4.78, 5) is 0. The van der Waals surface area contributed by atoms with Gasteiger partial charge in [0.1, 0.15) is 5.75 Å². The Morgan fingerprint density at radius 3 is 2.75 bits per heavy atom. The zero-order valence-corrected chi connectivity index (χ0v) is 12.9. The van der Waals surface area contributed by atoms with Gasteiger partial charge in [-0.15, -0.1) is 0 Å². The largest absolute Gasteiger partial charge is 0.496 e. The summed E-state index contributed by atoms with van der Waals surface area (Å²) >= 11 is 0. The van der Waals surface area contributed by atoms with Crippen molar-refractivity contribution in [2.45, 2.75) is 45.6 Å². The number of methoxy groups -OCH3 is 1. The molecule has 0 radical (unpaired) electrons. The minimum Gasteiger partial charge on any atom is -0.496 e. The van der Waals surface area contributed by atoms with Gasteiger partial charge in [0.25, 0.3) is 0 Å². The predicted molar refractivity (Wildman–Crippen MR) is 81.8 cm³/mol. The van der Waals surface area contributed by atoms with E-state index >= 15 is 0 Å². The van der Waals surface area contributed by atoms with Gasteiger partial charge in [0.2, 0.25) is 0 Å². The molecule has 2 rings (SSSR count). The van der Waals surface area contributed by atoms with Crippen LogP contribution in [0.4, 0.5) is 0 Å². The van der Waals surface area contributed by atoms with Gasteiger partial charge in [0.15, 0.2) is 0 Å². The van der Waals surface area contributed by atoms with E-state index < -0.39 is 6.10 Å². The summed E-state index contributed by atoms with van der Waals surface area (Å²) in [7, 11) is 1.67. The van der Waals surface area contributed by atoms with E-state index in [4.69, 9.17) is 10.5 Å². The molecule has 0 aliphatic heterocycles. The van der Waals surface area contributed by atoms with Gasteiger partial charge in [-0.2, -0.15) is 0 Å². The molecule has 20 heavy (non-hydrogen) atoms. The van der Waals surface area contributed by atoms with Crippen LogP contribution in [0.5, 0.6) is 5.75 Å². The molecular formula is C17H27NO2. The molecule has 1 saturated carbocycles. The Balaban J connectivity index is 2.25. The number of aryl methyl sites for hydroxylation is 1. The number of benzene rings is 1. The van der Waals surface area contributed by atoms with Gasteiger partial charge in [0, 0.05) is 12.0 Å². The van der Waals surface area contributed by atoms with Crippen LogP contribution in [0, 0.1) is 18.3 Å². The molecule has 1 aromatic rings. The lowest BCUT2D eigenvalue weighted by Gasteiger charge is -2.34. The molecule has 0 aromatic heterocycles. The predicted octanol–water partition coefficient (Wildman–Crippen LogP) is 3.19. The first-order chi connectivity index (χ1) is 9.56. The van der Waals surface area contributed by atoms with Crippen LogP contribution in [0.15, 0.2) is 18.2 Å². The SMILES string of the molecule is CCC1CCC(CN)(C(O)c2ccc(OC)c(C)c2)C1. The third kappa shape index (κ3) is 2.70. The van der Waals surface area contributed by atoms with Gasteiger partial charge in [-0.25, -0.2) is 0 Å². The molecule has 3 nitrogen and oxygen atoms in total. The maximum Gasteiger partial charge on any atom is 0.121 e. The summed E-state index contributed by atoms with van der Waals surface area (Å²) in [6.07, 6.45) is 3.94. The van der Waals surface area contributed by atoms with Crippen LogP contribution in [0.1, 0.15) is 49.8 Å². The van der Waals surface area contributed by atoms with Crippen LogP contribution in [-0.2, 0) is 0 Å². The third-order valence-corrected chi connectivity index (χ3v) is 5.04. The third-order valence-electron chi connectivity index (χ3n) is 5.04. The highest BCUT2D eigenvalue weighted by molar-refractivity contribution is 5.37. The first kappa shape index (κ1) is 15.3. The first-order valence-electron chi connectivity index (χ1n) is 7.59. The molecular weight excluding hydrogens is 250 g/mol. The number of ether oxygens (including phenoxy) is 1. The second-order valence-corrected chi connectivity index (χ2v) is 6.22. The van der Waals surface area contributed by atoms with Crippen molar-refractivity contribution >= 4 is 0 Å². The topological polar surface area (TPSA) is 55.5 Å². The minimum absolute atomic E-state index is 0.151. The van der Waals surface area contributed by atoms with Gasteiger partial charge in [-0.1, -0.05) is 19.4 Å². The zero-order valence-electron chi connectivity index (χ0n) is 12.9. The van der Waals surface area contributed by atoms with Gasteiger partial charge in [0.05, 0.1) is 13.2 Å². The van der Waals surface area contributed by atoms with Crippen molar-refractivity contribution in [3.05, 3.63) is 29.3 Å². The average molecular weight is 277 g/mol. The maximum atomic E-state index is 10.9. The molecule has 112 valence electrons. The van der Waals surface area contributed by atoms with Gasteiger partial charge < -0.3 is 15.6 Å². The lowest BCUT2D eigenvalue weighted by Crippen LogP contribution is -2.34. The molecule has 1 aliphatic rings. The number of nitrogens with two attached hydrogens (primary N) is 1. The second-order valence-electron chi connectivity index (χ2n) is 6.22. The molecule has 0 heterocycles. The van der Waals surface area contributed by atoms with E-state index in [-0.39, 0.29) is 5.41 Å².